The monoisotopic (exact) mass is 262 g/mol. The SMILES string of the molecule is CCc1ccc(N(C)c2n[nH]c(=S)n2CC)cc1. The maximum Gasteiger partial charge on any atom is 0.229 e. The molecule has 0 saturated carbocycles. The van der Waals surface area contributed by atoms with Crippen LogP contribution in [0, 0.1) is 4.77 Å². The molecule has 2 rings (SSSR count). The lowest BCUT2D eigenvalue weighted by molar-refractivity contribution is 0.742. The van der Waals surface area contributed by atoms with Crippen molar-refractivity contribution in [3.05, 3.63) is 34.6 Å². The molecule has 96 valence electrons. The fourth-order valence-electron chi connectivity index (χ4n) is 1.92. The van der Waals surface area contributed by atoms with E-state index in [1.54, 1.807) is 0 Å². The summed E-state index contributed by atoms with van der Waals surface area (Å²) in [5.41, 5.74) is 2.44. The van der Waals surface area contributed by atoms with E-state index in [1.165, 1.54) is 5.56 Å². The molecule has 0 saturated heterocycles. The molecular formula is C13H18N4S. The van der Waals surface area contributed by atoms with Crippen LogP contribution in [0.5, 0.6) is 0 Å². The minimum Gasteiger partial charge on any atom is -0.314 e. The van der Waals surface area contributed by atoms with Gasteiger partial charge >= 0.3 is 0 Å². The normalized spacial score (nSPS) is 10.6. The van der Waals surface area contributed by atoms with Crippen molar-refractivity contribution < 1.29 is 0 Å². The van der Waals surface area contributed by atoms with Crippen LogP contribution in [0.4, 0.5) is 11.6 Å². The molecule has 0 bridgehead atoms. The predicted molar refractivity (Wildman–Crippen MR) is 77.0 cm³/mol. The van der Waals surface area contributed by atoms with Gasteiger partial charge in [-0.15, -0.1) is 5.10 Å². The summed E-state index contributed by atoms with van der Waals surface area (Å²) < 4.78 is 2.63. The maximum atomic E-state index is 5.20. The minimum atomic E-state index is 0.657. The fourth-order valence-corrected chi connectivity index (χ4v) is 2.18. The Morgan fingerprint density at radius 3 is 2.50 bits per heavy atom. The van der Waals surface area contributed by atoms with Gasteiger partial charge in [-0.1, -0.05) is 19.1 Å². The van der Waals surface area contributed by atoms with Crippen molar-refractivity contribution in [2.24, 2.45) is 0 Å². The molecule has 18 heavy (non-hydrogen) atoms. The molecule has 1 N–H and O–H groups in total. The molecule has 0 aliphatic rings. The third-order valence-electron chi connectivity index (χ3n) is 3.09. The smallest absolute Gasteiger partial charge is 0.229 e. The highest BCUT2D eigenvalue weighted by Gasteiger charge is 2.11. The van der Waals surface area contributed by atoms with Gasteiger partial charge in [-0.3, -0.25) is 4.57 Å². The van der Waals surface area contributed by atoms with Gasteiger partial charge in [0, 0.05) is 19.3 Å². The van der Waals surface area contributed by atoms with E-state index in [9.17, 15) is 0 Å². The molecule has 1 aromatic heterocycles. The zero-order valence-electron chi connectivity index (χ0n) is 11.0. The number of H-pyrrole nitrogens is 1. The van der Waals surface area contributed by atoms with E-state index < -0.39 is 0 Å². The maximum absolute atomic E-state index is 5.20. The second-order valence-corrected chi connectivity index (χ2v) is 4.54. The third kappa shape index (κ3) is 2.31. The van der Waals surface area contributed by atoms with Crippen molar-refractivity contribution in [1.29, 1.82) is 0 Å². The first-order valence-corrected chi connectivity index (χ1v) is 6.56. The highest BCUT2D eigenvalue weighted by Crippen LogP contribution is 2.22. The molecule has 0 fully saturated rings. The Morgan fingerprint density at radius 2 is 1.94 bits per heavy atom. The summed E-state index contributed by atoms with van der Waals surface area (Å²) in [4.78, 5) is 2.04. The van der Waals surface area contributed by atoms with Crippen molar-refractivity contribution in [3.8, 4) is 0 Å². The van der Waals surface area contributed by atoms with Crippen LogP contribution in [-0.4, -0.2) is 21.8 Å². The molecule has 0 atom stereocenters. The summed E-state index contributed by atoms with van der Waals surface area (Å²) >= 11 is 5.20. The predicted octanol–water partition coefficient (Wildman–Crippen LogP) is 3.29. The standard InChI is InChI=1S/C13H18N4S/c1-4-10-6-8-11(9-7-10)16(3)12-14-15-13(18)17(12)5-2/h6-9H,4-5H2,1-3H3,(H,15,18). The van der Waals surface area contributed by atoms with E-state index in [2.05, 4.69) is 48.3 Å². The summed E-state index contributed by atoms with van der Waals surface area (Å²) in [6, 6.07) is 8.50. The van der Waals surface area contributed by atoms with Crippen LogP contribution in [-0.2, 0) is 13.0 Å². The van der Waals surface area contributed by atoms with Gasteiger partial charge in [0.25, 0.3) is 0 Å². The van der Waals surface area contributed by atoms with E-state index in [0.717, 1.165) is 24.6 Å². The van der Waals surface area contributed by atoms with E-state index in [-0.39, 0.29) is 0 Å². The molecule has 1 aromatic carbocycles. The Hall–Kier alpha value is -1.62. The van der Waals surface area contributed by atoms with Gasteiger partial charge in [-0.25, -0.2) is 5.10 Å². The number of aromatic amines is 1. The second kappa shape index (κ2) is 5.35. The molecule has 0 spiro atoms. The minimum absolute atomic E-state index is 0.657. The van der Waals surface area contributed by atoms with Gasteiger partial charge in [-0.2, -0.15) is 0 Å². The summed E-state index contributed by atoms with van der Waals surface area (Å²) in [6.07, 6.45) is 1.05. The lowest BCUT2D eigenvalue weighted by atomic mass is 10.1. The second-order valence-electron chi connectivity index (χ2n) is 4.15. The Bertz CT molecular complexity index is 567. The number of hydrogen-bond donors (Lipinski definition) is 1. The Labute approximate surface area is 112 Å². The third-order valence-corrected chi connectivity index (χ3v) is 3.40. The van der Waals surface area contributed by atoms with E-state index in [0.29, 0.717) is 4.77 Å². The van der Waals surface area contributed by atoms with Gasteiger partial charge < -0.3 is 4.90 Å². The first-order valence-electron chi connectivity index (χ1n) is 6.15. The first-order chi connectivity index (χ1) is 8.67. The zero-order chi connectivity index (χ0) is 13.1. The first kappa shape index (κ1) is 12.8. The number of rotatable bonds is 4. The van der Waals surface area contributed by atoms with Gasteiger partial charge in [0.2, 0.25) is 5.95 Å². The van der Waals surface area contributed by atoms with Crippen LogP contribution in [0.15, 0.2) is 24.3 Å². The molecular weight excluding hydrogens is 244 g/mol. The summed E-state index contributed by atoms with van der Waals surface area (Å²) in [7, 11) is 2.00. The van der Waals surface area contributed by atoms with E-state index >= 15 is 0 Å². The number of aryl methyl sites for hydroxylation is 1. The van der Waals surface area contributed by atoms with Crippen molar-refractivity contribution in [2.45, 2.75) is 26.8 Å². The van der Waals surface area contributed by atoms with Gasteiger partial charge in [0.1, 0.15) is 0 Å². The molecule has 2 aromatic rings. The Balaban J connectivity index is 2.34. The van der Waals surface area contributed by atoms with Crippen LogP contribution in [0.25, 0.3) is 0 Å². The Morgan fingerprint density at radius 1 is 1.28 bits per heavy atom. The van der Waals surface area contributed by atoms with Crippen LogP contribution in [0.1, 0.15) is 19.4 Å². The number of nitrogens with one attached hydrogen (secondary N) is 1. The number of nitrogens with zero attached hydrogens (tertiary/aromatic N) is 3. The summed E-state index contributed by atoms with van der Waals surface area (Å²) in [5.74, 6) is 0.840. The van der Waals surface area contributed by atoms with Crippen LogP contribution >= 0.6 is 12.2 Å². The molecule has 0 aliphatic heterocycles. The van der Waals surface area contributed by atoms with Gasteiger partial charge in [0.15, 0.2) is 4.77 Å². The molecule has 4 nitrogen and oxygen atoms in total. The van der Waals surface area contributed by atoms with Crippen molar-refractivity contribution in [2.75, 3.05) is 11.9 Å². The lowest BCUT2D eigenvalue weighted by Gasteiger charge is -2.18. The van der Waals surface area contributed by atoms with Gasteiger partial charge in [0.05, 0.1) is 0 Å². The summed E-state index contributed by atoms with van der Waals surface area (Å²) in [6.45, 7) is 5.02. The van der Waals surface area contributed by atoms with Crippen LogP contribution in [0.3, 0.4) is 0 Å². The average molecular weight is 262 g/mol. The molecule has 5 heteroatoms. The van der Waals surface area contributed by atoms with Crippen LogP contribution in [0.2, 0.25) is 0 Å². The highest BCUT2D eigenvalue weighted by molar-refractivity contribution is 7.71. The Kier molecular flexibility index (Phi) is 3.81. The number of aromatic nitrogens is 3. The van der Waals surface area contributed by atoms with E-state index in [1.807, 2.05) is 16.5 Å². The highest BCUT2D eigenvalue weighted by atomic mass is 32.1. The lowest BCUT2D eigenvalue weighted by Crippen LogP contribution is -2.15. The molecule has 0 radical (unpaired) electrons. The zero-order valence-corrected chi connectivity index (χ0v) is 11.8. The van der Waals surface area contributed by atoms with E-state index in [4.69, 9.17) is 12.2 Å². The molecule has 1 heterocycles. The number of benzene rings is 1. The molecule has 0 unspecified atom stereocenters. The number of hydrogen-bond acceptors (Lipinski definition) is 3. The average Bonchev–Trinajstić information content (AvgIpc) is 2.79. The largest absolute Gasteiger partial charge is 0.314 e. The fraction of sp³-hybridized carbons (Fsp3) is 0.385. The van der Waals surface area contributed by atoms with Gasteiger partial charge in [-0.05, 0) is 43.3 Å². The molecule has 0 amide bonds. The summed E-state index contributed by atoms with van der Waals surface area (Å²) in [5, 5.41) is 7.11. The number of anilines is 2. The molecule has 0 aliphatic carbocycles. The van der Waals surface area contributed by atoms with Crippen LogP contribution < -0.4 is 4.90 Å². The van der Waals surface area contributed by atoms with Crippen molar-refractivity contribution >= 4 is 23.9 Å². The van der Waals surface area contributed by atoms with Crippen molar-refractivity contribution in [1.82, 2.24) is 14.8 Å². The quantitative estimate of drug-likeness (QED) is 0.859. The topological polar surface area (TPSA) is 36.9 Å². The van der Waals surface area contributed by atoms with Crippen molar-refractivity contribution in [3.63, 3.8) is 0 Å².